The number of aromatic nitrogens is 1. The normalized spacial score (nSPS) is 14.6. The monoisotopic (exact) mass is 288 g/mol. The van der Waals surface area contributed by atoms with Crippen LogP contribution in [-0.2, 0) is 4.74 Å². The lowest BCUT2D eigenvalue weighted by Gasteiger charge is -2.21. The fraction of sp³-hybridized carbons (Fsp3) is 0.471. The van der Waals surface area contributed by atoms with Crippen molar-refractivity contribution in [3.05, 3.63) is 35.8 Å². The van der Waals surface area contributed by atoms with Crippen LogP contribution in [0.5, 0.6) is 0 Å². The Morgan fingerprint density at radius 3 is 2.90 bits per heavy atom. The third-order valence-electron chi connectivity index (χ3n) is 3.91. The molecule has 1 aliphatic carbocycles. The first-order valence-corrected chi connectivity index (χ1v) is 7.49. The third-order valence-corrected chi connectivity index (χ3v) is 3.91. The minimum atomic E-state index is -0.229. The number of hydrogen-bond donors (Lipinski definition) is 0. The summed E-state index contributed by atoms with van der Waals surface area (Å²) in [5.41, 5.74) is 2.78. The second kappa shape index (κ2) is 5.98. The van der Waals surface area contributed by atoms with Crippen molar-refractivity contribution in [3.63, 3.8) is 0 Å². The van der Waals surface area contributed by atoms with Crippen LogP contribution in [0.25, 0.3) is 10.9 Å². The average molecular weight is 288 g/mol. The predicted molar refractivity (Wildman–Crippen MR) is 83.3 cm³/mol. The Balaban J connectivity index is 1.75. The molecule has 21 heavy (non-hydrogen) atoms. The van der Waals surface area contributed by atoms with E-state index in [0.717, 1.165) is 41.4 Å². The van der Waals surface area contributed by atoms with Crippen molar-refractivity contribution in [2.45, 2.75) is 19.8 Å². The van der Waals surface area contributed by atoms with Crippen molar-refractivity contribution in [1.82, 2.24) is 4.98 Å². The molecular formula is C17H21FN2O. The van der Waals surface area contributed by atoms with Gasteiger partial charge in [-0.25, -0.2) is 4.39 Å². The summed E-state index contributed by atoms with van der Waals surface area (Å²) in [4.78, 5) is 6.58. The molecule has 3 rings (SSSR count). The number of halogens is 1. The highest BCUT2D eigenvalue weighted by Gasteiger charge is 2.21. The summed E-state index contributed by atoms with van der Waals surface area (Å²) in [5, 5.41) is 0.852. The zero-order chi connectivity index (χ0) is 14.8. The van der Waals surface area contributed by atoms with Crippen molar-refractivity contribution in [3.8, 4) is 0 Å². The first-order valence-electron chi connectivity index (χ1n) is 7.49. The maximum atomic E-state index is 13.5. The van der Waals surface area contributed by atoms with Gasteiger partial charge in [-0.15, -0.1) is 0 Å². The summed E-state index contributed by atoms with van der Waals surface area (Å²) >= 11 is 0. The van der Waals surface area contributed by atoms with E-state index in [2.05, 4.69) is 9.88 Å². The van der Waals surface area contributed by atoms with Crippen LogP contribution < -0.4 is 4.90 Å². The molecule has 0 atom stereocenters. The highest BCUT2D eigenvalue weighted by Crippen LogP contribution is 2.29. The topological polar surface area (TPSA) is 25.4 Å². The highest BCUT2D eigenvalue weighted by molar-refractivity contribution is 5.91. The largest absolute Gasteiger partial charge is 0.379 e. The Hall–Kier alpha value is -1.68. The van der Waals surface area contributed by atoms with Crippen LogP contribution in [0.3, 0.4) is 0 Å². The number of hydrogen-bond acceptors (Lipinski definition) is 3. The summed E-state index contributed by atoms with van der Waals surface area (Å²) in [6.45, 7) is 4.33. The minimum absolute atomic E-state index is 0.229. The molecular weight excluding hydrogens is 267 g/mol. The molecule has 1 saturated carbocycles. The molecule has 2 aromatic rings. The first-order chi connectivity index (χ1) is 10.1. The molecule has 0 bridgehead atoms. The van der Waals surface area contributed by atoms with Crippen LogP contribution in [0.2, 0.25) is 0 Å². The van der Waals surface area contributed by atoms with Gasteiger partial charge in [0.05, 0.1) is 12.1 Å². The molecule has 0 N–H and O–H groups in total. The maximum Gasteiger partial charge on any atom is 0.124 e. The van der Waals surface area contributed by atoms with Gasteiger partial charge in [0, 0.05) is 37.0 Å². The summed E-state index contributed by atoms with van der Waals surface area (Å²) in [5.74, 6) is 0.557. The number of rotatable bonds is 6. The average Bonchev–Trinajstić information content (AvgIpc) is 3.27. The molecule has 0 aliphatic heterocycles. The summed E-state index contributed by atoms with van der Waals surface area (Å²) in [6.07, 6.45) is 2.62. The van der Waals surface area contributed by atoms with Gasteiger partial charge >= 0.3 is 0 Å². The van der Waals surface area contributed by atoms with Gasteiger partial charge in [0.25, 0.3) is 0 Å². The maximum absolute atomic E-state index is 13.5. The predicted octanol–water partition coefficient (Wildman–Crippen LogP) is 3.55. The van der Waals surface area contributed by atoms with Crippen LogP contribution >= 0.6 is 0 Å². The zero-order valence-corrected chi connectivity index (χ0v) is 12.6. The Kier molecular flexibility index (Phi) is 4.06. The Morgan fingerprint density at radius 2 is 2.14 bits per heavy atom. The zero-order valence-electron chi connectivity index (χ0n) is 12.6. The lowest BCUT2D eigenvalue weighted by Crippen LogP contribution is -2.23. The molecule has 1 aliphatic rings. The summed E-state index contributed by atoms with van der Waals surface area (Å²) in [6, 6.07) is 6.75. The number of benzene rings is 1. The van der Waals surface area contributed by atoms with E-state index >= 15 is 0 Å². The quantitative estimate of drug-likeness (QED) is 0.760. The number of fused-ring (bicyclic) bond motifs is 1. The van der Waals surface area contributed by atoms with Gasteiger partial charge in [-0.1, -0.05) is 0 Å². The molecule has 0 amide bonds. The lowest BCUT2D eigenvalue weighted by molar-refractivity contribution is 0.131. The van der Waals surface area contributed by atoms with Gasteiger partial charge in [0.2, 0.25) is 0 Å². The van der Waals surface area contributed by atoms with Crippen LogP contribution in [0, 0.1) is 18.7 Å². The number of pyridine rings is 1. The number of ether oxygens (including phenoxy) is 1. The van der Waals surface area contributed by atoms with Gasteiger partial charge in [0.1, 0.15) is 5.82 Å². The molecule has 1 fully saturated rings. The Labute approximate surface area is 124 Å². The molecule has 0 saturated heterocycles. The van der Waals surface area contributed by atoms with Crippen molar-refractivity contribution >= 4 is 16.6 Å². The van der Waals surface area contributed by atoms with Gasteiger partial charge in [-0.3, -0.25) is 4.98 Å². The molecule has 0 spiro atoms. The molecule has 0 radical (unpaired) electrons. The van der Waals surface area contributed by atoms with Gasteiger partial charge in [-0.2, -0.15) is 0 Å². The molecule has 1 aromatic heterocycles. The third kappa shape index (κ3) is 3.50. The Morgan fingerprint density at radius 1 is 1.33 bits per heavy atom. The first kappa shape index (κ1) is 14.3. The highest BCUT2D eigenvalue weighted by atomic mass is 19.1. The molecule has 4 heteroatoms. The van der Waals surface area contributed by atoms with Crippen molar-refractivity contribution in [2.75, 3.05) is 31.7 Å². The van der Waals surface area contributed by atoms with Crippen molar-refractivity contribution in [1.29, 1.82) is 0 Å². The standard InChI is InChI=1S/C17H21FN2O/c1-12-9-17(15-10-14(18)5-6-16(15)19-12)20(2)7-8-21-11-13-3-4-13/h5-6,9-10,13H,3-4,7-8,11H2,1-2H3. The molecule has 112 valence electrons. The number of likely N-dealkylation sites (N-methyl/N-ethyl adjacent to an activating group) is 1. The second-order valence-electron chi connectivity index (χ2n) is 5.88. The minimum Gasteiger partial charge on any atom is -0.379 e. The van der Waals surface area contributed by atoms with Gasteiger partial charge < -0.3 is 9.64 Å². The number of aryl methyl sites for hydroxylation is 1. The fourth-order valence-corrected chi connectivity index (χ4v) is 2.48. The van der Waals surface area contributed by atoms with E-state index in [9.17, 15) is 4.39 Å². The number of nitrogens with zero attached hydrogens (tertiary/aromatic N) is 2. The van der Waals surface area contributed by atoms with E-state index in [1.165, 1.54) is 18.9 Å². The van der Waals surface area contributed by atoms with E-state index in [-0.39, 0.29) is 5.82 Å². The van der Waals surface area contributed by atoms with Gasteiger partial charge in [-0.05, 0) is 49.9 Å². The molecule has 1 heterocycles. The second-order valence-corrected chi connectivity index (χ2v) is 5.88. The van der Waals surface area contributed by atoms with E-state index in [1.54, 1.807) is 12.1 Å². The van der Waals surface area contributed by atoms with Crippen LogP contribution in [0.15, 0.2) is 24.3 Å². The van der Waals surface area contributed by atoms with E-state index in [4.69, 9.17) is 4.74 Å². The molecule has 0 unspecified atom stereocenters. The van der Waals surface area contributed by atoms with Crippen molar-refractivity contribution < 1.29 is 9.13 Å². The van der Waals surface area contributed by atoms with E-state index < -0.39 is 0 Å². The van der Waals surface area contributed by atoms with Crippen LogP contribution in [-0.4, -0.2) is 31.8 Å². The lowest BCUT2D eigenvalue weighted by atomic mass is 10.1. The van der Waals surface area contributed by atoms with Crippen LogP contribution in [0.1, 0.15) is 18.5 Å². The van der Waals surface area contributed by atoms with Crippen LogP contribution in [0.4, 0.5) is 10.1 Å². The molecule has 3 nitrogen and oxygen atoms in total. The summed E-state index contributed by atoms with van der Waals surface area (Å²) in [7, 11) is 2.01. The smallest absolute Gasteiger partial charge is 0.124 e. The molecule has 1 aromatic carbocycles. The SMILES string of the molecule is Cc1cc(N(C)CCOCC2CC2)c2cc(F)ccc2n1. The van der Waals surface area contributed by atoms with E-state index in [0.29, 0.717) is 6.61 Å². The fourth-order valence-electron chi connectivity index (χ4n) is 2.48. The van der Waals surface area contributed by atoms with E-state index in [1.807, 2.05) is 20.0 Å². The Bertz CT molecular complexity index is 640. The van der Waals surface area contributed by atoms with Crippen molar-refractivity contribution in [2.24, 2.45) is 5.92 Å². The number of anilines is 1. The van der Waals surface area contributed by atoms with Gasteiger partial charge in [0.15, 0.2) is 0 Å². The summed E-state index contributed by atoms with van der Waals surface area (Å²) < 4.78 is 19.2.